The first-order chi connectivity index (χ1) is 12.1. The molecule has 25 heavy (non-hydrogen) atoms. The van der Waals surface area contributed by atoms with Gasteiger partial charge in [0.25, 0.3) is 0 Å². The van der Waals surface area contributed by atoms with Crippen LogP contribution in [0.4, 0.5) is 0 Å². The highest BCUT2D eigenvalue weighted by atomic mass is 16.5. The van der Waals surface area contributed by atoms with Crippen molar-refractivity contribution in [2.75, 3.05) is 33.8 Å². The number of carbonyl (C=O) groups is 1. The van der Waals surface area contributed by atoms with Crippen molar-refractivity contribution in [3.05, 3.63) is 0 Å². The van der Waals surface area contributed by atoms with E-state index in [1.165, 1.54) is 108 Å². The van der Waals surface area contributed by atoms with Gasteiger partial charge in [-0.25, -0.2) is 0 Å². The van der Waals surface area contributed by atoms with Gasteiger partial charge in [0.2, 0.25) is 0 Å². The molecule has 0 unspecified atom stereocenters. The molecule has 0 aromatic heterocycles. The average molecular weight is 357 g/mol. The summed E-state index contributed by atoms with van der Waals surface area (Å²) in [5, 5.41) is 0. The summed E-state index contributed by atoms with van der Waals surface area (Å²) in [6.45, 7) is 8.71. The van der Waals surface area contributed by atoms with Crippen LogP contribution < -0.4 is 0 Å². The molecule has 0 bridgehead atoms. The number of unbranched alkanes of at least 4 members (excludes halogenated alkanes) is 10. The standard InChI is InChI=1S/C22H46NO2/c1-5-7-19-23(3,20-8-6-2)21-17-15-13-11-9-10-12-14-16-18-22(24)25-4/h5-21H2,1-4H3/q+1. The number of methoxy groups -OCH3 is 1. The lowest BCUT2D eigenvalue weighted by atomic mass is 10.1. The van der Waals surface area contributed by atoms with Crippen LogP contribution in [-0.2, 0) is 9.53 Å². The number of nitrogens with zero attached hydrogens (tertiary/aromatic N) is 1. The van der Waals surface area contributed by atoms with Crippen LogP contribution in [0.25, 0.3) is 0 Å². The molecule has 3 heteroatoms. The van der Waals surface area contributed by atoms with Gasteiger partial charge in [0, 0.05) is 6.42 Å². The lowest BCUT2D eigenvalue weighted by Gasteiger charge is -2.35. The monoisotopic (exact) mass is 356 g/mol. The molecule has 0 aromatic rings. The van der Waals surface area contributed by atoms with Crippen LogP contribution in [0.5, 0.6) is 0 Å². The van der Waals surface area contributed by atoms with Crippen molar-refractivity contribution >= 4 is 5.97 Å². The maximum absolute atomic E-state index is 11.0. The first-order valence-corrected chi connectivity index (χ1v) is 11.0. The fraction of sp³-hybridized carbons (Fsp3) is 0.955. The number of hydrogen-bond donors (Lipinski definition) is 0. The second kappa shape index (κ2) is 16.9. The zero-order valence-electron chi connectivity index (χ0n) is 17.8. The quantitative estimate of drug-likeness (QED) is 0.168. The lowest BCUT2D eigenvalue weighted by molar-refractivity contribution is -0.910. The summed E-state index contributed by atoms with van der Waals surface area (Å²) in [6.07, 6.45) is 17.6. The topological polar surface area (TPSA) is 26.3 Å². The van der Waals surface area contributed by atoms with E-state index in [-0.39, 0.29) is 5.97 Å². The van der Waals surface area contributed by atoms with Crippen molar-refractivity contribution < 1.29 is 14.0 Å². The molecule has 0 amide bonds. The van der Waals surface area contributed by atoms with Gasteiger partial charge in [0.15, 0.2) is 0 Å². The smallest absolute Gasteiger partial charge is 0.305 e. The minimum Gasteiger partial charge on any atom is -0.469 e. The fourth-order valence-electron chi connectivity index (χ4n) is 3.52. The summed E-state index contributed by atoms with van der Waals surface area (Å²) in [7, 11) is 3.94. The summed E-state index contributed by atoms with van der Waals surface area (Å²) in [6, 6.07) is 0. The van der Waals surface area contributed by atoms with E-state index >= 15 is 0 Å². The number of ether oxygens (including phenoxy) is 1. The van der Waals surface area contributed by atoms with Crippen molar-refractivity contribution in [1.29, 1.82) is 0 Å². The molecule has 0 rings (SSSR count). The number of quaternary nitrogens is 1. The molecule has 3 nitrogen and oxygen atoms in total. The van der Waals surface area contributed by atoms with Crippen molar-refractivity contribution in [2.45, 2.75) is 104 Å². The van der Waals surface area contributed by atoms with Gasteiger partial charge in [-0.1, -0.05) is 65.2 Å². The first-order valence-electron chi connectivity index (χ1n) is 11.0. The summed E-state index contributed by atoms with van der Waals surface area (Å²) in [4.78, 5) is 11.0. The van der Waals surface area contributed by atoms with Crippen LogP contribution in [-0.4, -0.2) is 44.2 Å². The van der Waals surface area contributed by atoms with Gasteiger partial charge in [0.05, 0.1) is 33.8 Å². The molecule has 0 aliphatic heterocycles. The molecule has 0 saturated heterocycles. The molecule has 0 atom stereocenters. The molecule has 0 heterocycles. The van der Waals surface area contributed by atoms with Gasteiger partial charge in [-0.3, -0.25) is 4.79 Å². The largest absolute Gasteiger partial charge is 0.469 e. The van der Waals surface area contributed by atoms with Gasteiger partial charge < -0.3 is 9.22 Å². The molecule has 0 radical (unpaired) electrons. The van der Waals surface area contributed by atoms with E-state index in [1.807, 2.05) is 0 Å². The Morgan fingerprint density at radius 2 is 1.08 bits per heavy atom. The van der Waals surface area contributed by atoms with Crippen molar-refractivity contribution in [3.8, 4) is 0 Å². The van der Waals surface area contributed by atoms with E-state index in [4.69, 9.17) is 0 Å². The van der Waals surface area contributed by atoms with E-state index in [0.29, 0.717) is 6.42 Å². The highest BCUT2D eigenvalue weighted by Crippen LogP contribution is 2.14. The SMILES string of the molecule is CCCC[N+](C)(CCCC)CCCCCCCCCCCC(=O)OC. The predicted molar refractivity (Wildman–Crippen MR) is 109 cm³/mol. The molecule has 0 spiro atoms. The molecular formula is C22H46NO2+. The summed E-state index contributed by atoms with van der Waals surface area (Å²) in [5.41, 5.74) is 0. The van der Waals surface area contributed by atoms with Crippen LogP contribution >= 0.6 is 0 Å². The van der Waals surface area contributed by atoms with E-state index in [2.05, 4.69) is 25.6 Å². The zero-order valence-corrected chi connectivity index (χ0v) is 17.8. The van der Waals surface area contributed by atoms with Crippen molar-refractivity contribution in [2.24, 2.45) is 0 Å². The van der Waals surface area contributed by atoms with Gasteiger partial charge in [0.1, 0.15) is 0 Å². The molecule has 150 valence electrons. The molecule has 0 aromatic carbocycles. The highest BCUT2D eigenvalue weighted by molar-refractivity contribution is 5.68. The minimum absolute atomic E-state index is 0.0664. The Balaban J connectivity index is 3.54. The Morgan fingerprint density at radius 1 is 0.680 bits per heavy atom. The third-order valence-electron chi connectivity index (χ3n) is 5.41. The van der Waals surface area contributed by atoms with Gasteiger partial charge in [-0.05, 0) is 32.1 Å². The van der Waals surface area contributed by atoms with E-state index < -0.39 is 0 Å². The summed E-state index contributed by atoms with van der Waals surface area (Å²) < 4.78 is 5.95. The van der Waals surface area contributed by atoms with Crippen LogP contribution in [0.1, 0.15) is 104 Å². The van der Waals surface area contributed by atoms with Crippen LogP contribution in [0.15, 0.2) is 0 Å². The normalized spacial score (nSPS) is 11.7. The molecular weight excluding hydrogens is 310 g/mol. The molecule has 0 fully saturated rings. The molecule has 0 N–H and O–H groups in total. The number of hydrogen-bond acceptors (Lipinski definition) is 2. The Bertz CT molecular complexity index is 296. The molecule has 0 aliphatic carbocycles. The summed E-state index contributed by atoms with van der Waals surface area (Å²) >= 11 is 0. The zero-order chi connectivity index (χ0) is 18.8. The van der Waals surface area contributed by atoms with Crippen LogP contribution in [0, 0.1) is 0 Å². The van der Waals surface area contributed by atoms with Gasteiger partial charge in [-0.2, -0.15) is 0 Å². The predicted octanol–water partition coefficient (Wildman–Crippen LogP) is 6.11. The number of rotatable bonds is 18. The lowest BCUT2D eigenvalue weighted by Crippen LogP contribution is -2.46. The Labute approximate surface area is 158 Å². The Kier molecular flexibility index (Phi) is 16.5. The first kappa shape index (κ1) is 24.4. The van der Waals surface area contributed by atoms with Crippen molar-refractivity contribution in [1.82, 2.24) is 0 Å². The van der Waals surface area contributed by atoms with Crippen LogP contribution in [0.3, 0.4) is 0 Å². The van der Waals surface area contributed by atoms with Gasteiger partial charge >= 0.3 is 5.97 Å². The second-order valence-corrected chi connectivity index (χ2v) is 8.01. The average Bonchev–Trinajstić information content (AvgIpc) is 2.62. The Morgan fingerprint density at radius 3 is 1.52 bits per heavy atom. The number of esters is 1. The maximum Gasteiger partial charge on any atom is 0.305 e. The third-order valence-corrected chi connectivity index (χ3v) is 5.41. The molecule has 0 aliphatic rings. The van der Waals surface area contributed by atoms with E-state index in [1.54, 1.807) is 0 Å². The summed E-state index contributed by atoms with van der Waals surface area (Å²) in [5.74, 6) is -0.0664. The molecule has 0 saturated carbocycles. The second-order valence-electron chi connectivity index (χ2n) is 8.01. The van der Waals surface area contributed by atoms with Gasteiger partial charge in [-0.15, -0.1) is 0 Å². The van der Waals surface area contributed by atoms with E-state index in [0.717, 1.165) is 6.42 Å². The van der Waals surface area contributed by atoms with Crippen LogP contribution in [0.2, 0.25) is 0 Å². The highest BCUT2D eigenvalue weighted by Gasteiger charge is 2.19. The number of carbonyl (C=O) groups excluding carboxylic acids is 1. The van der Waals surface area contributed by atoms with E-state index in [9.17, 15) is 4.79 Å². The maximum atomic E-state index is 11.0. The third kappa shape index (κ3) is 15.4. The minimum atomic E-state index is -0.0664. The fourth-order valence-corrected chi connectivity index (χ4v) is 3.52. The Hall–Kier alpha value is -0.570. The van der Waals surface area contributed by atoms with Crippen molar-refractivity contribution in [3.63, 3.8) is 0 Å².